The minimum Gasteiger partial charge on any atom is -0.352 e. The Balaban J connectivity index is 2.04. The number of benzene rings is 1. The Kier molecular flexibility index (Phi) is 4.72. The van der Waals surface area contributed by atoms with Crippen molar-refractivity contribution in [2.75, 3.05) is 0 Å². The molecule has 0 bridgehead atoms. The third kappa shape index (κ3) is 3.65. The van der Waals surface area contributed by atoms with Gasteiger partial charge in [0.2, 0.25) is 5.91 Å². The molecule has 2 unspecified atom stereocenters. The molecule has 0 saturated heterocycles. The number of amides is 1. The van der Waals surface area contributed by atoms with Crippen molar-refractivity contribution in [3.63, 3.8) is 0 Å². The number of nitrogens with two attached hydrogens (primary N) is 1. The lowest BCUT2D eigenvalue weighted by atomic mass is 9.74. The Morgan fingerprint density at radius 3 is 2.48 bits per heavy atom. The van der Waals surface area contributed by atoms with Crippen molar-refractivity contribution in [1.29, 1.82) is 0 Å². The van der Waals surface area contributed by atoms with Crippen LogP contribution in [0.2, 0.25) is 0 Å². The van der Waals surface area contributed by atoms with Crippen molar-refractivity contribution in [3.05, 3.63) is 34.4 Å². The highest BCUT2D eigenvalue weighted by Gasteiger charge is 2.37. The van der Waals surface area contributed by atoms with Gasteiger partial charge in [0.1, 0.15) is 0 Å². The molecule has 0 radical (unpaired) electrons. The maximum absolute atomic E-state index is 12.5. The molecule has 116 valence electrons. The van der Waals surface area contributed by atoms with E-state index in [2.05, 4.69) is 38.2 Å². The van der Waals surface area contributed by atoms with Gasteiger partial charge in [0.25, 0.3) is 0 Å². The topological polar surface area (TPSA) is 55.1 Å². The fraction of sp³-hybridized carbons (Fsp3) is 0.611. The van der Waals surface area contributed by atoms with E-state index in [1.54, 1.807) is 0 Å². The predicted molar refractivity (Wildman–Crippen MR) is 87.1 cm³/mol. The first-order valence-corrected chi connectivity index (χ1v) is 7.94. The summed E-state index contributed by atoms with van der Waals surface area (Å²) in [6.45, 7) is 8.93. The zero-order chi connectivity index (χ0) is 15.6. The van der Waals surface area contributed by atoms with Crippen LogP contribution in [0.3, 0.4) is 0 Å². The van der Waals surface area contributed by atoms with E-state index in [1.165, 1.54) is 22.3 Å². The number of rotatable bonds is 3. The monoisotopic (exact) mass is 288 g/mol. The standard InChI is InChI=1S/C18H28N2O/c1-12-9-13(2)15(14(3)10-12)11-20-17(21)16-7-5-6-8-18(16,4)19/h9-10,16H,5-8,11,19H2,1-4H3,(H,20,21). The number of carbonyl (C=O) groups excluding carboxylic acids is 1. The minimum absolute atomic E-state index is 0.0580. The van der Waals surface area contributed by atoms with Crippen LogP contribution in [-0.2, 0) is 11.3 Å². The molecule has 3 nitrogen and oxygen atoms in total. The summed E-state index contributed by atoms with van der Waals surface area (Å²) < 4.78 is 0. The SMILES string of the molecule is Cc1cc(C)c(CNC(=O)C2CCCCC2(C)N)c(C)c1. The van der Waals surface area contributed by atoms with Crippen LogP contribution in [-0.4, -0.2) is 11.4 Å². The van der Waals surface area contributed by atoms with E-state index in [4.69, 9.17) is 5.73 Å². The van der Waals surface area contributed by atoms with E-state index in [0.717, 1.165) is 25.7 Å². The lowest BCUT2D eigenvalue weighted by molar-refractivity contribution is -0.128. The highest BCUT2D eigenvalue weighted by molar-refractivity contribution is 5.80. The predicted octanol–water partition coefficient (Wildman–Crippen LogP) is 3.14. The van der Waals surface area contributed by atoms with Gasteiger partial charge in [-0.15, -0.1) is 0 Å². The average Bonchev–Trinajstić information content (AvgIpc) is 2.36. The molecule has 2 atom stereocenters. The highest BCUT2D eigenvalue weighted by atomic mass is 16.1. The van der Waals surface area contributed by atoms with Crippen molar-refractivity contribution in [3.8, 4) is 0 Å². The summed E-state index contributed by atoms with van der Waals surface area (Å²) in [6.07, 6.45) is 4.08. The van der Waals surface area contributed by atoms with Crippen LogP contribution in [0.4, 0.5) is 0 Å². The lowest BCUT2D eigenvalue weighted by Gasteiger charge is -2.37. The lowest BCUT2D eigenvalue weighted by Crippen LogP contribution is -2.52. The molecule has 3 heteroatoms. The van der Waals surface area contributed by atoms with Crippen molar-refractivity contribution in [1.82, 2.24) is 5.32 Å². The molecule has 2 rings (SSSR count). The summed E-state index contributed by atoms with van der Waals surface area (Å²) in [6, 6.07) is 4.34. The van der Waals surface area contributed by atoms with Gasteiger partial charge in [-0.25, -0.2) is 0 Å². The molecule has 1 saturated carbocycles. The summed E-state index contributed by atoms with van der Waals surface area (Å²) in [5.41, 5.74) is 10.9. The van der Waals surface area contributed by atoms with Crippen LogP contribution >= 0.6 is 0 Å². The van der Waals surface area contributed by atoms with Gasteiger partial charge in [-0.1, -0.05) is 30.5 Å². The molecule has 1 amide bonds. The number of carbonyl (C=O) groups is 1. The maximum atomic E-state index is 12.5. The van der Waals surface area contributed by atoms with Crippen LogP contribution in [0.1, 0.15) is 54.9 Å². The zero-order valence-electron chi connectivity index (χ0n) is 13.8. The van der Waals surface area contributed by atoms with E-state index in [-0.39, 0.29) is 17.4 Å². The van der Waals surface area contributed by atoms with Crippen molar-refractivity contribution in [2.24, 2.45) is 11.7 Å². The molecule has 0 spiro atoms. The van der Waals surface area contributed by atoms with Gasteiger partial charge >= 0.3 is 0 Å². The molecule has 0 aromatic heterocycles. The van der Waals surface area contributed by atoms with Gasteiger partial charge in [-0.05, 0) is 57.2 Å². The number of hydrogen-bond acceptors (Lipinski definition) is 2. The largest absolute Gasteiger partial charge is 0.352 e. The molecule has 1 aliphatic rings. The van der Waals surface area contributed by atoms with Gasteiger partial charge in [0, 0.05) is 12.1 Å². The molecule has 0 aliphatic heterocycles. The van der Waals surface area contributed by atoms with Crippen molar-refractivity contribution in [2.45, 2.75) is 65.5 Å². The van der Waals surface area contributed by atoms with E-state index < -0.39 is 0 Å². The summed E-state index contributed by atoms with van der Waals surface area (Å²) >= 11 is 0. The fourth-order valence-electron chi connectivity index (χ4n) is 3.58. The van der Waals surface area contributed by atoms with Gasteiger partial charge in [-0.2, -0.15) is 0 Å². The molecular formula is C18H28N2O. The molecular weight excluding hydrogens is 260 g/mol. The van der Waals surface area contributed by atoms with Crippen LogP contribution in [0, 0.1) is 26.7 Å². The summed E-state index contributed by atoms with van der Waals surface area (Å²) in [7, 11) is 0. The highest BCUT2D eigenvalue weighted by Crippen LogP contribution is 2.31. The van der Waals surface area contributed by atoms with E-state index in [0.29, 0.717) is 6.54 Å². The van der Waals surface area contributed by atoms with Crippen LogP contribution in [0.5, 0.6) is 0 Å². The summed E-state index contributed by atoms with van der Waals surface area (Å²) in [5, 5.41) is 3.11. The smallest absolute Gasteiger partial charge is 0.225 e. The second-order valence-corrected chi connectivity index (χ2v) is 6.90. The normalized spacial score (nSPS) is 25.7. The number of aryl methyl sites for hydroxylation is 3. The van der Waals surface area contributed by atoms with Gasteiger partial charge in [0.15, 0.2) is 0 Å². The van der Waals surface area contributed by atoms with E-state index >= 15 is 0 Å². The van der Waals surface area contributed by atoms with E-state index in [9.17, 15) is 4.79 Å². The molecule has 3 N–H and O–H groups in total. The van der Waals surface area contributed by atoms with Crippen LogP contribution in [0.25, 0.3) is 0 Å². The zero-order valence-corrected chi connectivity index (χ0v) is 13.8. The van der Waals surface area contributed by atoms with Crippen molar-refractivity contribution < 1.29 is 4.79 Å². The fourth-order valence-corrected chi connectivity index (χ4v) is 3.58. The first-order valence-electron chi connectivity index (χ1n) is 7.94. The van der Waals surface area contributed by atoms with Crippen LogP contribution in [0.15, 0.2) is 12.1 Å². The Bertz CT molecular complexity index is 511. The third-order valence-electron chi connectivity index (χ3n) is 4.85. The Labute approximate surface area is 128 Å². The molecule has 1 aromatic carbocycles. The molecule has 21 heavy (non-hydrogen) atoms. The van der Waals surface area contributed by atoms with E-state index in [1.807, 2.05) is 6.92 Å². The Hall–Kier alpha value is -1.35. The quantitative estimate of drug-likeness (QED) is 0.897. The van der Waals surface area contributed by atoms with Gasteiger partial charge in [-0.3, -0.25) is 4.79 Å². The van der Waals surface area contributed by atoms with Crippen LogP contribution < -0.4 is 11.1 Å². The molecule has 1 fully saturated rings. The van der Waals surface area contributed by atoms with Gasteiger partial charge in [0.05, 0.1) is 5.92 Å². The van der Waals surface area contributed by atoms with Crippen molar-refractivity contribution >= 4 is 5.91 Å². The van der Waals surface area contributed by atoms with Gasteiger partial charge < -0.3 is 11.1 Å². The average molecular weight is 288 g/mol. The second kappa shape index (κ2) is 6.18. The molecule has 1 aliphatic carbocycles. The maximum Gasteiger partial charge on any atom is 0.225 e. The summed E-state index contributed by atoms with van der Waals surface area (Å²) in [5.74, 6) is 0.0522. The minimum atomic E-state index is -0.361. The molecule has 0 heterocycles. The number of nitrogens with one attached hydrogen (secondary N) is 1. The first kappa shape index (κ1) is 16.0. The molecule has 1 aromatic rings. The first-order chi connectivity index (χ1) is 9.81. The Morgan fingerprint density at radius 2 is 1.90 bits per heavy atom. The Morgan fingerprint density at radius 1 is 1.29 bits per heavy atom. The second-order valence-electron chi connectivity index (χ2n) is 6.90. The number of hydrogen-bond donors (Lipinski definition) is 2. The summed E-state index contributed by atoms with van der Waals surface area (Å²) in [4.78, 5) is 12.5. The third-order valence-corrected chi connectivity index (χ3v) is 4.85.